The number of rotatable bonds is 10. The highest BCUT2D eigenvalue weighted by molar-refractivity contribution is 7.85. The highest BCUT2D eigenvalue weighted by atomic mass is 32.2. The molecule has 2 rings (SSSR count). The lowest BCUT2D eigenvalue weighted by molar-refractivity contribution is -0.386. The fourth-order valence-electron chi connectivity index (χ4n) is 2.41. The van der Waals surface area contributed by atoms with Crippen molar-refractivity contribution in [3.8, 4) is 5.75 Å². The molecule has 11 heteroatoms. The molecule has 2 atom stereocenters. The zero-order valence-corrected chi connectivity index (χ0v) is 16.2. The van der Waals surface area contributed by atoms with E-state index in [2.05, 4.69) is 9.50 Å². The Morgan fingerprint density at radius 2 is 1.79 bits per heavy atom. The number of benzene rings is 2. The van der Waals surface area contributed by atoms with Crippen LogP contribution >= 0.6 is 0 Å². The number of amides is 1. The van der Waals surface area contributed by atoms with Crippen LogP contribution in [-0.2, 0) is 19.1 Å². The first kappa shape index (κ1) is 22.3. The summed E-state index contributed by atoms with van der Waals surface area (Å²) >= 11 is 0. The maximum atomic E-state index is 12.3. The molecule has 2 unspecified atom stereocenters. The number of ether oxygens (including phenoxy) is 1. The van der Waals surface area contributed by atoms with Gasteiger partial charge in [-0.25, -0.2) is 0 Å². The van der Waals surface area contributed by atoms with Gasteiger partial charge in [-0.1, -0.05) is 42.5 Å². The summed E-state index contributed by atoms with van der Waals surface area (Å²) in [6.07, 6.45) is -2.10. The van der Waals surface area contributed by atoms with Gasteiger partial charge in [-0.05, 0) is 11.6 Å². The molecule has 0 aromatic heterocycles. The molecule has 0 spiro atoms. The average molecular weight is 424 g/mol. The third kappa shape index (κ3) is 6.82. The van der Waals surface area contributed by atoms with E-state index in [4.69, 9.17) is 4.74 Å². The fraction of sp³-hybridized carbons (Fsp3) is 0.278. The van der Waals surface area contributed by atoms with E-state index >= 15 is 0 Å². The lowest BCUT2D eigenvalue weighted by atomic mass is 10.0. The van der Waals surface area contributed by atoms with E-state index in [1.165, 1.54) is 24.3 Å². The van der Waals surface area contributed by atoms with Gasteiger partial charge in [0.25, 0.3) is 16.0 Å². The van der Waals surface area contributed by atoms with Gasteiger partial charge >= 0.3 is 5.69 Å². The number of nitro benzene ring substituents is 1. The summed E-state index contributed by atoms with van der Waals surface area (Å²) < 4.78 is 32.0. The van der Waals surface area contributed by atoms with Crippen molar-refractivity contribution in [1.29, 1.82) is 0 Å². The van der Waals surface area contributed by atoms with Gasteiger partial charge in [-0.3, -0.25) is 19.1 Å². The number of aliphatic hydroxyl groups is 1. The summed E-state index contributed by atoms with van der Waals surface area (Å²) in [5.41, 5.74) is 0.100. The molecule has 0 heterocycles. The van der Waals surface area contributed by atoms with Gasteiger partial charge in [0.15, 0.2) is 18.0 Å². The first-order chi connectivity index (χ1) is 13.7. The molecule has 10 nitrogen and oxygen atoms in total. The minimum Gasteiger partial charge on any atom is -0.475 e. The van der Waals surface area contributed by atoms with Gasteiger partial charge in [0.05, 0.1) is 17.8 Å². The molecule has 0 aliphatic heterocycles. The number of aliphatic hydroxyl groups excluding tert-OH is 1. The number of nitrogens with zero attached hydrogens (tertiary/aromatic N) is 1. The molecule has 0 radical (unpaired) electrons. The molecule has 2 aromatic carbocycles. The summed E-state index contributed by atoms with van der Waals surface area (Å²) in [5.74, 6) is -0.965. The van der Waals surface area contributed by atoms with E-state index in [-0.39, 0.29) is 24.6 Å². The van der Waals surface area contributed by atoms with Crippen LogP contribution < -0.4 is 10.1 Å². The molecule has 0 fully saturated rings. The minimum atomic E-state index is -3.66. The van der Waals surface area contributed by atoms with Gasteiger partial charge in [0, 0.05) is 12.6 Å². The van der Waals surface area contributed by atoms with E-state index in [9.17, 15) is 28.4 Å². The van der Waals surface area contributed by atoms with Crippen molar-refractivity contribution in [3.63, 3.8) is 0 Å². The molecule has 2 aromatic rings. The number of nitro groups is 1. The van der Waals surface area contributed by atoms with Gasteiger partial charge in [-0.15, -0.1) is 0 Å². The number of carbonyl (C=O) groups excluding carboxylic acids is 1. The molecular weight excluding hydrogens is 404 g/mol. The average Bonchev–Trinajstić information content (AvgIpc) is 2.69. The standard InChI is InChI=1S/C18H20N2O8S/c1-29(25,26)27-12-11-19-18(22)16(21)17(13-7-3-2-4-8-13)28-15-10-6-5-9-14(15)20(23)24/h2-10,16-17,21H,11-12H2,1H3,(H,19,22). The molecule has 0 saturated heterocycles. The van der Waals surface area contributed by atoms with E-state index in [0.717, 1.165) is 6.26 Å². The summed E-state index contributed by atoms with van der Waals surface area (Å²) in [5, 5.41) is 24.1. The highest BCUT2D eigenvalue weighted by Crippen LogP contribution is 2.32. The van der Waals surface area contributed by atoms with Crippen molar-refractivity contribution in [1.82, 2.24) is 5.32 Å². The van der Waals surface area contributed by atoms with Gasteiger partial charge < -0.3 is 15.2 Å². The molecule has 1 amide bonds. The van der Waals surface area contributed by atoms with Crippen molar-refractivity contribution in [2.75, 3.05) is 19.4 Å². The Kier molecular flexibility index (Phi) is 7.65. The molecule has 0 saturated carbocycles. The Morgan fingerprint density at radius 3 is 2.41 bits per heavy atom. The third-order valence-corrected chi connectivity index (χ3v) is 4.29. The SMILES string of the molecule is CS(=O)(=O)OCCNC(=O)C(O)C(Oc1ccccc1[N+](=O)[O-])c1ccccc1. The maximum absolute atomic E-state index is 12.3. The topological polar surface area (TPSA) is 145 Å². The number of hydrogen-bond donors (Lipinski definition) is 2. The predicted molar refractivity (Wildman–Crippen MR) is 103 cm³/mol. The largest absolute Gasteiger partial charge is 0.475 e. The van der Waals surface area contributed by atoms with Crippen molar-refractivity contribution >= 4 is 21.7 Å². The number of para-hydroxylation sites is 2. The Morgan fingerprint density at radius 1 is 1.17 bits per heavy atom. The molecule has 0 aliphatic rings. The smallest absolute Gasteiger partial charge is 0.310 e. The molecule has 29 heavy (non-hydrogen) atoms. The van der Waals surface area contributed by atoms with Crippen LogP contribution in [0.3, 0.4) is 0 Å². The Labute approximate surface area is 167 Å². The first-order valence-electron chi connectivity index (χ1n) is 8.44. The summed E-state index contributed by atoms with van der Waals surface area (Å²) in [4.78, 5) is 22.9. The second-order valence-corrected chi connectivity index (χ2v) is 7.58. The second kappa shape index (κ2) is 9.96. The van der Waals surface area contributed by atoms with E-state index < -0.39 is 33.2 Å². The Bertz CT molecular complexity index is 949. The van der Waals surface area contributed by atoms with Crippen LogP contribution in [0.4, 0.5) is 5.69 Å². The van der Waals surface area contributed by atoms with Crippen LogP contribution in [0.15, 0.2) is 54.6 Å². The second-order valence-electron chi connectivity index (χ2n) is 5.94. The Balaban J connectivity index is 2.18. The van der Waals surface area contributed by atoms with E-state index in [1.54, 1.807) is 30.3 Å². The molecular formula is C18H20N2O8S. The maximum Gasteiger partial charge on any atom is 0.310 e. The van der Waals surface area contributed by atoms with Crippen molar-refractivity contribution in [3.05, 3.63) is 70.3 Å². The van der Waals surface area contributed by atoms with Crippen LogP contribution in [0.2, 0.25) is 0 Å². The summed E-state index contributed by atoms with van der Waals surface area (Å²) in [6, 6.07) is 13.8. The lowest BCUT2D eigenvalue weighted by Crippen LogP contribution is -2.41. The molecule has 0 aliphatic carbocycles. The summed E-state index contributed by atoms with van der Waals surface area (Å²) in [7, 11) is -3.66. The van der Waals surface area contributed by atoms with Gasteiger partial charge in [-0.2, -0.15) is 8.42 Å². The Hall–Kier alpha value is -3.02. The van der Waals surface area contributed by atoms with Crippen molar-refractivity contribution < 1.29 is 32.2 Å². The van der Waals surface area contributed by atoms with Crippen LogP contribution in [0.25, 0.3) is 0 Å². The van der Waals surface area contributed by atoms with Crippen molar-refractivity contribution in [2.45, 2.75) is 12.2 Å². The first-order valence-corrected chi connectivity index (χ1v) is 10.3. The summed E-state index contributed by atoms with van der Waals surface area (Å²) in [6.45, 7) is -0.478. The van der Waals surface area contributed by atoms with Crippen LogP contribution in [-0.4, -0.2) is 49.9 Å². The predicted octanol–water partition coefficient (Wildman–Crippen LogP) is 1.17. The molecule has 0 bridgehead atoms. The molecule has 2 N–H and O–H groups in total. The highest BCUT2D eigenvalue weighted by Gasteiger charge is 2.31. The number of nitrogens with one attached hydrogen (secondary N) is 1. The molecule has 156 valence electrons. The van der Waals surface area contributed by atoms with Crippen LogP contribution in [0.5, 0.6) is 5.75 Å². The van der Waals surface area contributed by atoms with E-state index in [1.807, 2.05) is 0 Å². The van der Waals surface area contributed by atoms with E-state index in [0.29, 0.717) is 5.56 Å². The zero-order valence-electron chi connectivity index (χ0n) is 15.4. The number of carbonyl (C=O) groups is 1. The fourth-order valence-corrected chi connectivity index (χ4v) is 2.80. The van der Waals surface area contributed by atoms with Crippen molar-refractivity contribution in [2.24, 2.45) is 0 Å². The zero-order chi connectivity index (χ0) is 21.4. The van der Waals surface area contributed by atoms with Gasteiger partial charge in [0.1, 0.15) is 0 Å². The lowest BCUT2D eigenvalue weighted by Gasteiger charge is -2.24. The number of hydrogen-bond acceptors (Lipinski definition) is 8. The quantitative estimate of drug-likeness (QED) is 0.250. The monoisotopic (exact) mass is 424 g/mol. The normalized spacial score (nSPS) is 13.3. The van der Waals surface area contributed by atoms with Crippen LogP contribution in [0, 0.1) is 10.1 Å². The van der Waals surface area contributed by atoms with Crippen LogP contribution in [0.1, 0.15) is 11.7 Å². The van der Waals surface area contributed by atoms with Gasteiger partial charge in [0.2, 0.25) is 0 Å². The minimum absolute atomic E-state index is 0.112. The third-order valence-electron chi connectivity index (χ3n) is 3.70.